The Bertz CT molecular complexity index is 985. The van der Waals surface area contributed by atoms with E-state index in [-0.39, 0.29) is 6.10 Å². The number of aliphatic hydroxyl groups excluding tert-OH is 1. The van der Waals surface area contributed by atoms with Crippen LogP contribution >= 0.6 is 0 Å². The highest BCUT2D eigenvalue weighted by Gasteiger charge is 2.48. The van der Waals surface area contributed by atoms with Gasteiger partial charge in [0.05, 0.1) is 12.2 Å². The molecule has 3 heterocycles. The minimum Gasteiger partial charge on any atom is -0.393 e. The summed E-state index contributed by atoms with van der Waals surface area (Å²) in [7, 11) is 0. The van der Waals surface area contributed by atoms with Crippen molar-refractivity contribution < 1.29 is 9.94 Å². The smallest absolute Gasteiger partial charge is 0.0838 e. The van der Waals surface area contributed by atoms with E-state index in [0.717, 1.165) is 38.6 Å². The van der Waals surface area contributed by atoms with Crippen molar-refractivity contribution in [3.05, 3.63) is 72.3 Å². The molecule has 1 N–H and O–H groups in total. The third-order valence-electron chi connectivity index (χ3n) is 9.57. The van der Waals surface area contributed by atoms with Crippen molar-refractivity contribution in [3.63, 3.8) is 0 Å². The van der Waals surface area contributed by atoms with Crippen LogP contribution in [0.1, 0.15) is 133 Å². The number of nitrogens with zero attached hydrogens (tertiary/aromatic N) is 3. The summed E-state index contributed by atoms with van der Waals surface area (Å²) in [6.07, 6.45) is 38.5. The Morgan fingerprint density at radius 1 is 0.698 bits per heavy atom. The quantitative estimate of drug-likeness (QED) is 0.103. The molecule has 0 amide bonds. The largest absolute Gasteiger partial charge is 0.393 e. The Kier molecular flexibility index (Phi) is 16.4. The highest BCUT2D eigenvalue weighted by molar-refractivity contribution is 5.08. The molecule has 2 aromatic heterocycles. The van der Waals surface area contributed by atoms with Crippen LogP contribution in [0.4, 0.5) is 0 Å². The minimum absolute atomic E-state index is 0.138. The summed E-state index contributed by atoms with van der Waals surface area (Å²) >= 11 is 0. The van der Waals surface area contributed by atoms with E-state index in [4.69, 9.17) is 4.84 Å². The summed E-state index contributed by atoms with van der Waals surface area (Å²) in [6, 6.07) is 8.86. The van der Waals surface area contributed by atoms with Gasteiger partial charge in [-0.15, -0.1) is 0 Å². The van der Waals surface area contributed by atoms with Gasteiger partial charge in [0.15, 0.2) is 0 Å². The van der Waals surface area contributed by atoms with E-state index in [1.807, 2.05) is 36.9 Å². The Morgan fingerprint density at radius 3 is 1.86 bits per heavy atom. The van der Waals surface area contributed by atoms with Crippen molar-refractivity contribution >= 4 is 0 Å². The average Bonchev–Trinajstić information content (AvgIpc) is 3.57. The third-order valence-corrected chi connectivity index (χ3v) is 9.57. The zero-order valence-electron chi connectivity index (χ0n) is 26.8. The van der Waals surface area contributed by atoms with E-state index in [1.54, 1.807) is 0 Å². The van der Waals surface area contributed by atoms with E-state index in [1.165, 1.54) is 114 Å². The molecular weight excluding hydrogens is 530 g/mol. The van der Waals surface area contributed by atoms with Crippen molar-refractivity contribution in [2.24, 2.45) is 5.92 Å². The maximum atomic E-state index is 10.4. The lowest BCUT2D eigenvalue weighted by molar-refractivity contribution is -0.170. The molecule has 2 aliphatic rings. The van der Waals surface area contributed by atoms with Crippen LogP contribution in [0.25, 0.3) is 0 Å². The number of hydroxylamine groups is 2. The van der Waals surface area contributed by atoms with Gasteiger partial charge in [0.2, 0.25) is 0 Å². The van der Waals surface area contributed by atoms with Crippen LogP contribution in [0, 0.1) is 5.92 Å². The summed E-state index contributed by atoms with van der Waals surface area (Å²) in [6.45, 7) is 1.02. The van der Waals surface area contributed by atoms with Gasteiger partial charge in [0, 0.05) is 43.3 Å². The van der Waals surface area contributed by atoms with E-state index in [0.29, 0.717) is 18.1 Å². The molecule has 1 aliphatic carbocycles. The van der Waals surface area contributed by atoms with Crippen LogP contribution in [-0.2, 0) is 17.7 Å². The summed E-state index contributed by atoms with van der Waals surface area (Å²) in [5.74, 6) is 0.526. The number of rotatable bonds is 23. The standard InChI is InChI=1S/C38H59N3O2/c42-35-29-36-37(30-35)41(43-38(36)25-17-13-9-8-12-16-22-34-24-20-27-40-32-34)28-18-14-10-6-4-2-1-3-5-7-11-15-21-33-23-19-26-39-31-33/h2,4,19-20,23-24,26-27,31-32,35-38,42H,1,3,5-18,21-22,25,28-30H2/b4-2-/t35-,36+,37-,38+/m0/s1. The highest BCUT2D eigenvalue weighted by atomic mass is 16.7. The first kappa shape index (κ1) is 33.8. The number of fused-ring (bicyclic) bond motifs is 1. The fraction of sp³-hybridized carbons (Fsp3) is 0.684. The molecule has 0 bridgehead atoms. The van der Waals surface area contributed by atoms with Gasteiger partial charge in [-0.1, -0.05) is 82.1 Å². The number of aliphatic hydroxyl groups is 1. The van der Waals surface area contributed by atoms with Gasteiger partial charge in [0.25, 0.3) is 0 Å². The first-order chi connectivity index (χ1) is 21.3. The lowest BCUT2D eigenvalue weighted by Gasteiger charge is -2.22. The number of hydrogen-bond donors (Lipinski definition) is 1. The molecule has 0 radical (unpaired) electrons. The number of pyridine rings is 2. The van der Waals surface area contributed by atoms with E-state index >= 15 is 0 Å². The van der Waals surface area contributed by atoms with Crippen molar-refractivity contribution in [1.82, 2.24) is 15.0 Å². The Balaban J connectivity index is 0.960. The van der Waals surface area contributed by atoms with E-state index in [9.17, 15) is 5.11 Å². The molecule has 1 saturated carbocycles. The lowest BCUT2D eigenvalue weighted by atomic mass is 9.93. The fourth-order valence-corrected chi connectivity index (χ4v) is 7.10. The van der Waals surface area contributed by atoms with Crippen LogP contribution in [0.3, 0.4) is 0 Å². The highest BCUT2D eigenvalue weighted by Crippen LogP contribution is 2.42. The SMILES string of the molecule is O[C@H]1C[C@H]2[C@@H](CCCCCCCCc3cccnc3)ON(CCCCC/C=C\CCCCCCCc3cccnc3)[C@H]2C1. The maximum absolute atomic E-state index is 10.4. The summed E-state index contributed by atoms with van der Waals surface area (Å²) in [5, 5.41) is 12.7. The first-order valence-electron chi connectivity index (χ1n) is 17.8. The van der Waals surface area contributed by atoms with Gasteiger partial charge in [-0.25, -0.2) is 0 Å². The monoisotopic (exact) mass is 589 g/mol. The average molecular weight is 590 g/mol. The number of unbranched alkanes of at least 4 members (excludes halogenated alkanes) is 13. The van der Waals surface area contributed by atoms with Crippen molar-refractivity contribution in [2.75, 3.05) is 6.54 Å². The van der Waals surface area contributed by atoms with Crippen molar-refractivity contribution in [3.8, 4) is 0 Å². The lowest BCUT2D eigenvalue weighted by Crippen LogP contribution is -2.30. The van der Waals surface area contributed by atoms with Gasteiger partial charge in [-0.2, -0.15) is 5.06 Å². The molecule has 1 aliphatic heterocycles. The molecule has 5 heteroatoms. The molecule has 0 unspecified atom stereocenters. The van der Waals surface area contributed by atoms with E-state index in [2.05, 4.69) is 39.3 Å². The third kappa shape index (κ3) is 13.2. The Morgan fingerprint density at radius 2 is 1.26 bits per heavy atom. The zero-order valence-corrected chi connectivity index (χ0v) is 26.8. The Labute approximate surface area is 262 Å². The number of aromatic nitrogens is 2. The number of hydrogen-bond acceptors (Lipinski definition) is 5. The van der Waals surface area contributed by atoms with Gasteiger partial charge in [-0.05, 0) is 100 Å². The van der Waals surface area contributed by atoms with Gasteiger partial charge < -0.3 is 5.11 Å². The summed E-state index contributed by atoms with van der Waals surface area (Å²) in [4.78, 5) is 14.9. The molecule has 1 saturated heterocycles. The van der Waals surface area contributed by atoms with Crippen molar-refractivity contribution in [2.45, 2.75) is 153 Å². The van der Waals surface area contributed by atoms with Crippen LogP contribution in [0.15, 0.2) is 61.2 Å². The molecule has 2 aromatic rings. The minimum atomic E-state index is -0.138. The van der Waals surface area contributed by atoms with E-state index < -0.39 is 0 Å². The van der Waals surface area contributed by atoms with Gasteiger partial charge in [-0.3, -0.25) is 14.8 Å². The molecule has 43 heavy (non-hydrogen) atoms. The Hall–Kier alpha value is -2.08. The van der Waals surface area contributed by atoms with Gasteiger partial charge in [0.1, 0.15) is 0 Å². The predicted molar refractivity (Wildman–Crippen MR) is 178 cm³/mol. The first-order valence-corrected chi connectivity index (χ1v) is 17.8. The topological polar surface area (TPSA) is 58.5 Å². The van der Waals surface area contributed by atoms with Gasteiger partial charge >= 0.3 is 0 Å². The fourth-order valence-electron chi connectivity index (χ4n) is 7.10. The van der Waals surface area contributed by atoms with Crippen LogP contribution < -0.4 is 0 Å². The molecular formula is C38H59N3O2. The van der Waals surface area contributed by atoms with Crippen LogP contribution in [0.5, 0.6) is 0 Å². The predicted octanol–water partition coefficient (Wildman–Crippen LogP) is 9.21. The molecule has 238 valence electrons. The number of allylic oxidation sites excluding steroid dienone is 2. The summed E-state index contributed by atoms with van der Waals surface area (Å²) in [5.41, 5.74) is 2.72. The second kappa shape index (κ2) is 20.8. The van der Waals surface area contributed by atoms with Crippen LogP contribution in [0.2, 0.25) is 0 Å². The molecule has 5 nitrogen and oxygen atoms in total. The molecule has 0 aromatic carbocycles. The molecule has 0 spiro atoms. The second-order valence-corrected chi connectivity index (χ2v) is 13.2. The maximum Gasteiger partial charge on any atom is 0.0838 e. The van der Waals surface area contributed by atoms with Crippen LogP contribution in [-0.4, -0.2) is 44.9 Å². The normalized spacial score (nSPS) is 22.1. The molecule has 4 rings (SSSR count). The molecule has 4 atom stereocenters. The molecule has 2 fully saturated rings. The van der Waals surface area contributed by atoms with Crippen molar-refractivity contribution in [1.29, 1.82) is 0 Å². The number of aryl methyl sites for hydroxylation is 2. The zero-order chi connectivity index (χ0) is 29.8. The second-order valence-electron chi connectivity index (χ2n) is 13.2. The summed E-state index contributed by atoms with van der Waals surface area (Å²) < 4.78 is 0.